The van der Waals surface area contributed by atoms with Crippen molar-refractivity contribution in [2.75, 3.05) is 0 Å². The molecule has 76 valence electrons. The first kappa shape index (κ1) is 10.1. The van der Waals surface area contributed by atoms with Crippen molar-refractivity contribution >= 4 is 28.9 Å². The maximum Gasteiger partial charge on any atom is 0.178 e. The zero-order valence-electron chi connectivity index (χ0n) is 7.54. The molecule has 0 aliphatic rings. The SMILES string of the molecule is N=C(N)c1ccc(Sc2nncs2)cn1. The summed E-state index contributed by atoms with van der Waals surface area (Å²) in [6.07, 6.45) is 1.67. The molecule has 0 aliphatic carbocycles. The summed E-state index contributed by atoms with van der Waals surface area (Å²) < 4.78 is 0.868. The predicted octanol–water partition coefficient (Wildman–Crippen LogP) is 1.37. The van der Waals surface area contributed by atoms with Crippen molar-refractivity contribution in [1.82, 2.24) is 15.2 Å². The molecule has 7 heteroatoms. The van der Waals surface area contributed by atoms with Crippen LogP contribution in [0.3, 0.4) is 0 Å². The molecule has 0 radical (unpaired) electrons. The summed E-state index contributed by atoms with van der Waals surface area (Å²) in [5.41, 5.74) is 7.46. The molecule has 0 unspecified atom stereocenters. The molecule has 0 saturated carbocycles. The Morgan fingerprint density at radius 2 is 2.33 bits per heavy atom. The molecule has 3 N–H and O–H groups in total. The molecule has 0 bridgehead atoms. The van der Waals surface area contributed by atoms with Gasteiger partial charge in [0.2, 0.25) is 0 Å². The van der Waals surface area contributed by atoms with E-state index in [2.05, 4.69) is 15.2 Å². The standard InChI is InChI=1S/C8H7N5S2/c9-7(10)6-2-1-5(3-11-6)15-8-13-12-4-14-8/h1-4H,(H3,9,10). The summed E-state index contributed by atoms with van der Waals surface area (Å²) >= 11 is 2.96. The van der Waals surface area contributed by atoms with Crippen LogP contribution in [0.1, 0.15) is 5.69 Å². The van der Waals surface area contributed by atoms with Crippen LogP contribution in [-0.4, -0.2) is 21.0 Å². The molecular formula is C8H7N5S2. The number of rotatable bonds is 3. The molecule has 2 heterocycles. The molecule has 2 aromatic heterocycles. The number of hydrogen-bond acceptors (Lipinski definition) is 6. The van der Waals surface area contributed by atoms with Gasteiger partial charge in [-0.05, 0) is 12.1 Å². The van der Waals surface area contributed by atoms with Crippen molar-refractivity contribution < 1.29 is 0 Å². The van der Waals surface area contributed by atoms with E-state index in [-0.39, 0.29) is 5.84 Å². The van der Waals surface area contributed by atoms with E-state index >= 15 is 0 Å². The highest BCUT2D eigenvalue weighted by molar-refractivity contribution is 8.01. The molecule has 0 amide bonds. The normalized spacial score (nSPS) is 10.1. The van der Waals surface area contributed by atoms with Gasteiger partial charge in [0.1, 0.15) is 17.0 Å². The van der Waals surface area contributed by atoms with E-state index in [4.69, 9.17) is 11.1 Å². The van der Waals surface area contributed by atoms with Gasteiger partial charge in [0, 0.05) is 11.1 Å². The second-order valence-corrected chi connectivity index (χ2v) is 4.75. The van der Waals surface area contributed by atoms with Crippen molar-refractivity contribution in [3.8, 4) is 0 Å². The van der Waals surface area contributed by atoms with Gasteiger partial charge in [0.05, 0.1) is 0 Å². The first-order valence-corrected chi connectivity index (χ1v) is 5.70. The summed E-state index contributed by atoms with van der Waals surface area (Å²) in [4.78, 5) is 5.00. The van der Waals surface area contributed by atoms with Crippen molar-refractivity contribution in [2.45, 2.75) is 9.24 Å². The second-order valence-electron chi connectivity index (χ2n) is 2.60. The van der Waals surface area contributed by atoms with Crippen molar-refractivity contribution in [2.24, 2.45) is 5.73 Å². The fourth-order valence-corrected chi connectivity index (χ4v) is 2.33. The minimum Gasteiger partial charge on any atom is -0.382 e. The minimum atomic E-state index is -0.0255. The maximum absolute atomic E-state index is 7.19. The lowest BCUT2D eigenvalue weighted by Crippen LogP contribution is -2.12. The van der Waals surface area contributed by atoms with E-state index < -0.39 is 0 Å². The van der Waals surface area contributed by atoms with Crippen molar-refractivity contribution in [3.63, 3.8) is 0 Å². The highest BCUT2D eigenvalue weighted by atomic mass is 32.2. The van der Waals surface area contributed by atoms with Crippen LogP contribution in [0.4, 0.5) is 0 Å². The number of nitrogens with two attached hydrogens (primary N) is 1. The fraction of sp³-hybridized carbons (Fsp3) is 0. The first-order valence-electron chi connectivity index (χ1n) is 4.00. The number of nitrogens with zero attached hydrogens (tertiary/aromatic N) is 3. The zero-order valence-corrected chi connectivity index (χ0v) is 9.18. The molecular weight excluding hydrogens is 230 g/mol. The van der Waals surface area contributed by atoms with Gasteiger partial charge in [-0.2, -0.15) is 0 Å². The maximum atomic E-state index is 7.19. The predicted molar refractivity (Wildman–Crippen MR) is 59.3 cm³/mol. The number of aromatic nitrogens is 3. The van der Waals surface area contributed by atoms with E-state index in [9.17, 15) is 0 Å². The zero-order chi connectivity index (χ0) is 10.7. The highest BCUT2D eigenvalue weighted by Gasteiger charge is 2.02. The van der Waals surface area contributed by atoms with Crippen molar-refractivity contribution in [3.05, 3.63) is 29.5 Å². The third-order valence-electron chi connectivity index (χ3n) is 1.56. The van der Waals surface area contributed by atoms with Gasteiger partial charge in [-0.3, -0.25) is 10.4 Å². The third-order valence-corrected chi connectivity index (χ3v) is 3.31. The third kappa shape index (κ3) is 2.51. The van der Waals surface area contributed by atoms with Crippen molar-refractivity contribution in [1.29, 1.82) is 5.41 Å². The summed E-state index contributed by atoms with van der Waals surface area (Å²) in [5, 5.41) is 14.8. The van der Waals surface area contributed by atoms with Crippen LogP contribution in [0.15, 0.2) is 33.1 Å². The number of nitrogen functional groups attached to an aromatic ring is 1. The molecule has 2 aromatic rings. The fourth-order valence-electron chi connectivity index (χ4n) is 0.908. The lowest BCUT2D eigenvalue weighted by molar-refractivity contribution is 1.01. The average molecular weight is 237 g/mol. The lowest BCUT2D eigenvalue weighted by atomic mass is 10.3. The second kappa shape index (κ2) is 4.37. The van der Waals surface area contributed by atoms with E-state index in [1.807, 2.05) is 6.07 Å². The van der Waals surface area contributed by atoms with E-state index in [1.54, 1.807) is 17.8 Å². The molecule has 0 aliphatic heterocycles. The summed E-state index contributed by atoms with van der Waals surface area (Å²) in [5.74, 6) is -0.0255. The van der Waals surface area contributed by atoms with Gasteiger partial charge in [0.15, 0.2) is 4.34 Å². The average Bonchev–Trinajstić information content (AvgIpc) is 2.71. The van der Waals surface area contributed by atoms with Crippen LogP contribution in [0.2, 0.25) is 0 Å². The minimum absolute atomic E-state index is 0.0255. The number of nitrogens with one attached hydrogen (secondary N) is 1. The van der Waals surface area contributed by atoms with Crippen LogP contribution >= 0.6 is 23.1 Å². The van der Waals surface area contributed by atoms with Gasteiger partial charge in [-0.1, -0.05) is 23.1 Å². The Balaban J connectivity index is 2.14. The lowest BCUT2D eigenvalue weighted by Gasteiger charge is -1.98. The first-order chi connectivity index (χ1) is 7.25. The monoisotopic (exact) mass is 237 g/mol. The number of pyridine rings is 1. The Morgan fingerprint density at radius 3 is 2.87 bits per heavy atom. The Hall–Kier alpha value is -1.47. The van der Waals surface area contributed by atoms with Gasteiger partial charge in [-0.25, -0.2) is 0 Å². The van der Waals surface area contributed by atoms with Crippen LogP contribution in [0, 0.1) is 5.41 Å². The Kier molecular flexibility index (Phi) is 2.93. The molecule has 0 spiro atoms. The summed E-state index contributed by atoms with van der Waals surface area (Å²) in [6, 6.07) is 3.57. The molecule has 0 atom stereocenters. The van der Waals surface area contributed by atoms with Gasteiger partial charge >= 0.3 is 0 Å². The largest absolute Gasteiger partial charge is 0.382 e. The topological polar surface area (TPSA) is 88.5 Å². The molecule has 15 heavy (non-hydrogen) atoms. The van der Waals surface area contributed by atoms with E-state index in [0.29, 0.717) is 5.69 Å². The Bertz CT molecular complexity index is 450. The van der Waals surface area contributed by atoms with Crippen LogP contribution in [-0.2, 0) is 0 Å². The molecule has 0 fully saturated rings. The quantitative estimate of drug-likeness (QED) is 0.621. The molecule has 5 nitrogen and oxygen atoms in total. The molecule has 0 aromatic carbocycles. The van der Waals surface area contributed by atoms with Gasteiger partial charge in [-0.15, -0.1) is 10.2 Å². The Labute approximate surface area is 94.3 Å². The summed E-state index contributed by atoms with van der Waals surface area (Å²) in [7, 11) is 0. The Morgan fingerprint density at radius 1 is 1.47 bits per heavy atom. The number of amidine groups is 1. The van der Waals surface area contributed by atoms with Crippen LogP contribution in [0.5, 0.6) is 0 Å². The smallest absolute Gasteiger partial charge is 0.178 e. The van der Waals surface area contributed by atoms with Crippen LogP contribution in [0.25, 0.3) is 0 Å². The van der Waals surface area contributed by atoms with Gasteiger partial charge < -0.3 is 5.73 Å². The summed E-state index contributed by atoms with van der Waals surface area (Å²) in [6.45, 7) is 0. The molecule has 0 saturated heterocycles. The van der Waals surface area contributed by atoms with E-state index in [0.717, 1.165) is 9.24 Å². The number of hydrogen-bond donors (Lipinski definition) is 2. The van der Waals surface area contributed by atoms with Gasteiger partial charge in [0.25, 0.3) is 0 Å². The van der Waals surface area contributed by atoms with E-state index in [1.165, 1.54) is 23.1 Å². The van der Waals surface area contributed by atoms with Crippen LogP contribution < -0.4 is 5.73 Å². The highest BCUT2D eigenvalue weighted by Crippen LogP contribution is 2.27. The molecule has 2 rings (SSSR count).